The number of anilines is 1. The second-order valence-electron chi connectivity index (χ2n) is 5.52. The lowest BCUT2D eigenvalue weighted by Crippen LogP contribution is -2.42. The van der Waals surface area contributed by atoms with E-state index in [0.29, 0.717) is 42.4 Å². The predicted octanol–water partition coefficient (Wildman–Crippen LogP) is 0.893. The Labute approximate surface area is 139 Å². The van der Waals surface area contributed by atoms with Gasteiger partial charge in [-0.05, 0) is 6.54 Å². The lowest BCUT2D eigenvalue weighted by molar-refractivity contribution is 0.0761. The molecule has 0 aromatic carbocycles. The van der Waals surface area contributed by atoms with Crippen molar-refractivity contribution in [1.82, 2.24) is 25.1 Å². The first-order chi connectivity index (χ1) is 11.1. The fraction of sp³-hybridized carbons (Fsp3) is 0.571. The van der Waals surface area contributed by atoms with Crippen molar-refractivity contribution in [3.63, 3.8) is 0 Å². The van der Waals surface area contributed by atoms with E-state index in [1.165, 1.54) is 0 Å². The van der Waals surface area contributed by atoms with Crippen molar-refractivity contribution in [2.75, 3.05) is 24.5 Å². The van der Waals surface area contributed by atoms with Crippen molar-refractivity contribution in [1.29, 1.82) is 0 Å². The zero-order valence-corrected chi connectivity index (χ0v) is 13.8. The molecule has 1 saturated heterocycles. The predicted molar refractivity (Wildman–Crippen MR) is 84.2 cm³/mol. The van der Waals surface area contributed by atoms with Crippen LogP contribution in [0.3, 0.4) is 0 Å². The van der Waals surface area contributed by atoms with Crippen LogP contribution >= 0.6 is 11.6 Å². The summed E-state index contributed by atoms with van der Waals surface area (Å²) in [6.07, 6.45) is 2.61. The van der Waals surface area contributed by atoms with E-state index in [1.54, 1.807) is 19.3 Å². The molecule has 0 saturated carbocycles. The molecule has 1 fully saturated rings. The van der Waals surface area contributed by atoms with E-state index in [0.717, 1.165) is 6.54 Å². The highest BCUT2D eigenvalue weighted by Gasteiger charge is 2.36. The maximum Gasteiger partial charge on any atom is 0.230 e. The highest BCUT2D eigenvalue weighted by atomic mass is 35.5. The molecule has 0 aliphatic carbocycles. The Balaban J connectivity index is 1.70. The molecule has 124 valence electrons. The van der Waals surface area contributed by atoms with Crippen LogP contribution in [0.2, 0.25) is 5.02 Å². The maximum atomic E-state index is 10.4. The fourth-order valence-corrected chi connectivity index (χ4v) is 2.90. The van der Waals surface area contributed by atoms with Crippen molar-refractivity contribution in [2.45, 2.75) is 32.5 Å². The molecule has 0 amide bonds. The van der Waals surface area contributed by atoms with Gasteiger partial charge in [0.05, 0.1) is 36.1 Å². The quantitative estimate of drug-likeness (QED) is 0.859. The molecule has 2 aromatic heterocycles. The van der Waals surface area contributed by atoms with Gasteiger partial charge in [-0.3, -0.25) is 4.90 Å². The van der Waals surface area contributed by atoms with Crippen LogP contribution in [-0.4, -0.2) is 62.0 Å². The van der Waals surface area contributed by atoms with Crippen LogP contribution in [0.5, 0.6) is 0 Å². The summed E-state index contributed by atoms with van der Waals surface area (Å²) in [5.74, 6) is 1.66. The largest absolute Gasteiger partial charge is 0.424 e. The summed E-state index contributed by atoms with van der Waals surface area (Å²) in [5.41, 5.74) is 0. The van der Waals surface area contributed by atoms with Gasteiger partial charge in [0.1, 0.15) is 0 Å². The lowest BCUT2D eigenvalue weighted by Gasteiger charge is -2.27. The molecule has 2 aromatic rings. The Kier molecular flexibility index (Phi) is 4.74. The maximum absolute atomic E-state index is 10.4. The first kappa shape index (κ1) is 16.1. The molecule has 0 unspecified atom stereocenters. The monoisotopic (exact) mass is 338 g/mol. The Morgan fingerprint density at radius 2 is 2.09 bits per heavy atom. The average molecular weight is 339 g/mol. The molecular formula is C14H19ClN6O2. The Bertz CT molecular complexity index is 649. The third kappa shape index (κ3) is 3.60. The molecule has 23 heavy (non-hydrogen) atoms. The molecule has 0 radical (unpaired) electrons. The van der Waals surface area contributed by atoms with E-state index in [-0.39, 0.29) is 6.04 Å². The SMILES string of the molecule is CCN(Cc1nnc(C)o1)[C@H]1CN(c2ncc(Cl)cn2)C[C@H]1O. The van der Waals surface area contributed by atoms with Gasteiger partial charge in [-0.1, -0.05) is 18.5 Å². The molecule has 1 aliphatic rings. The number of nitrogens with zero attached hydrogens (tertiary/aromatic N) is 6. The van der Waals surface area contributed by atoms with E-state index in [9.17, 15) is 5.11 Å². The van der Waals surface area contributed by atoms with Crippen molar-refractivity contribution in [3.05, 3.63) is 29.2 Å². The first-order valence-corrected chi connectivity index (χ1v) is 7.88. The highest BCUT2D eigenvalue weighted by Crippen LogP contribution is 2.22. The van der Waals surface area contributed by atoms with Gasteiger partial charge in [-0.25, -0.2) is 9.97 Å². The number of β-amino-alcohol motifs (C(OH)–C–C–N with tert-alkyl or cyclic N) is 1. The number of aliphatic hydroxyl groups is 1. The van der Waals surface area contributed by atoms with Crippen LogP contribution in [0.25, 0.3) is 0 Å². The molecule has 2 atom stereocenters. The van der Waals surface area contributed by atoms with E-state index < -0.39 is 6.10 Å². The van der Waals surface area contributed by atoms with Crippen LogP contribution in [0.15, 0.2) is 16.8 Å². The minimum atomic E-state index is -0.502. The van der Waals surface area contributed by atoms with Crippen molar-refractivity contribution in [2.24, 2.45) is 0 Å². The first-order valence-electron chi connectivity index (χ1n) is 7.50. The summed E-state index contributed by atoms with van der Waals surface area (Å²) in [4.78, 5) is 12.5. The van der Waals surface area contributed by atoms with E-state index in [4.69, 9.17) is 16.0 Å². The number of aliphatic hydroxyl groups excluding tert-OH is 1. The summed E-state index contributed by atoms with van der Waals surface area (Å²) in [6.45, 7) is 6.18. The van der Waals surface area contributed by atoms with Gasteiger partial charge in [0, 0.05) is 20.0 Å². The number of hydrogen-bond acceptors (Lipinski definition) is 8. The number of rotatable bonds is 5. The van der Waals surface area contributed by atoms with Crippen molar-refractivity contribution >= 4 is 17.5 Å². The fourth-order valence-electron chi connectivity index (χ4n) is 2.80. The molecule has 1 aliphatic heterocycles. The standard InChI is InChI=1S/C14H19ClN6O2/c1-3-20(8-13-19-18-9(2)23-13)11-6-21(7-12(11)22)14-16-4-10(15)5-17-14/h4-5,11-12,22H,3,6-8H2,1-2H3/t11-,12+/m0/s1. The topological polar surface area (TPSA) is 91.4 Å². The second-order valence-corrected chi connectivity index (χ2v) is 5.96. The molecule has 8 nitrogen and oxygen atoms in total. The second kappa shape index (κ2) is 6.77. The molecule has 3 heterocycles. The zero-order valence-electron chi connectivity index (χ0n) is 13.1. The van der Waals surface area contributed by atoms with Gasteiger partial charge in [-0.2, -0.15) is 0 Å². The minimum absolute atomic E-state index is 0.0496. The van der Waals surface area contributed by atoms with Crippen LogP contribution in [0, 0.1) is 6.92 Å². The molecule has 3 rings (SSSR count). The van der Waals surface area contributed by atoms with Gasteiger partial charge in [0.2, 0.25) is 17.7 Å². The number of aromatic nitrogens is 4. The Morgan fingerprint density at radius 1 is 1.35 bits per heavy atom. The lowest BCUT2D eigenvalue weighted by atomic mass is 10.2. The van der Waals surface area contributed by atoms with Gasteiger partial charge in [0.25, 0.3) is 0 Å². The summed E-state index contributed by atoms with van der Waals surface area (Å²) in [5, 5.41) is 18.8. The summed E-state index contributed by atoms with van der Waals surface area (Å²) in [6, 6.07) is -0.0496. The molecular weight excluding hydrogens is 320 g/mol. The molecule has 0 bridgehead atoms. The van der Waals surface area contributed by atoms with Gasteiger partial charge >= 0.3 is 0 Å². The van der Waals surface area contributed by atoms with Gasteiger partial charge in [-0.15, -0.1) is 10.2 Å². The van der Waals surface area contributed by atoms with E-state index in [2.05, 4.69) is 25.1 Å². The number of hydrogen-bond donors (Lipinski definition) is 1. The summed E-state index contributed by atoms with van der Waals surface area (Å²) in [7, 11) is 0. The highest BCUT2D eigenvalue weighted by molar-refractivity contribution is 6.30. The third-order valence-corrected chi connectivity index (χ3v) is 4.13. The van der Waals surface area contributed by atoms with Gasteiger partial charge in [0.15, 0.2) is 0 Å². The molecule has 9 heteroatoms. The zero-order chi connectivity index (χ0) is 16.4. The van der Waals surface area contributed by atoms with Gasteiger partial charge < -0.3 is 14.4 Å². The van der Waals surface area contributed by atoms with Crippen LogP contribution in [-0.2, 0) is 6.54 Å². The normalized spacial score (nSPS) is 21.3. The average Bonchev–Trinajstić information content (AvgIpc) is 3.11. The molecule has 0 spiro atoms. The third-order valence-electron chi connectivity index (χ3n) is 3.93. The molecule has 1 N–H and O–H groups in total. The van der Waals surface area contributed by atoms with Crippen molar-refractivity contribution in [3.8, 4) is 0 Å². The van der Waals surface area contributed by atoms with Crippen LogP contribution in [0.4, 0.5) is 5.95 Å². The summed E-state index contributed by atoms with van der Waals surface area (Å²) >= 11 is 5.82. The summed E-state index contributed by atoms with van der Waals surface area (Å²) < 4.78 is 5.44. The minimum Gasteiger partial charge on any atom is -0.424 e. The van der Waals surface area contributed by atoms with Crippen molar-refractivity contribution < 1.29 is 9.52 Å². The number of aryl methyl sites for hydroxylation is 1. The number of halogens is 1. The Hall–Kier alpha value is -1.77. The van der Waals surface area contributed by atoms with E-state index in [1.807, 2.05) is 11.8 Å². The van der Waals surface area contributed by atoms with Crippen LogP contribution < -0.4 is 4.90 Å². The number of likely N-dealkylation sites (N-methyl/N-ethyl adjacent to an activating group) is 1. The Morgan fingerprint density at radius 3 is 2.70 bits per heavy atom. The smallest absolute Gasteiger partial charge is 0.230 e. The van der Waals surface area contributed by atoms with E-state index >= 15 is 0 Å². The van der Waals surface area contributed by atoms with Crippen LogP contribution in [0.1, 0.15) is 18.7 Å².